The molecule has 0 atom stereocenters. The quantitative estimate of drug-likeness (QED) is 0.587. The van der Waals surface area contributed by atoms with Crippen LogP contribution in [0.5, 0.6) is 11.5 Å². The molecule has 5 nitrogen and oxygen atoms in total. The van der Waals surface area contributed by atoms with Gasteiger partial charge in [-0.2, -0.15) is 5.10 Å². The van der Waals surface area contributed by atoms with E-state index in [1.807, 2.05) is 48.5 Å². The Labute approximate surface area is 160 Å². The highest BCUT2D eigenvalue weighted by Crippen LogP contribution is 2.28. The summed E-state index contributed by atoms with van der Waals surface area (Å²) >= 11 is 0. The summed E-state index contributed by atoms with van der Waals surface area (Å²) < 4.78 is 11.3. The van der Waals surface area contributed by atoms with Crippen LogP contribution in [-0.2, 0) is 11.4 Å². The number of amides is 1. The highest BCUT2D eigenvalue weighted by molar-refractivity contribution is 5.84. The van der Waals surface area contributed by atoms with Crippen molar-refractivity contribution in [1.82, 2.24) is 5.43 Å². The minimum Gasteiger partial charge on any atom is -0.493 e. The Morgan fingerprint density at radius 1 is 1.11 bits per heavy atom. The first kappa shape index (κ1) is 19.0. The summed E-state index contributed by atoms with van der Waals surface area (Å²) in [6, 6.07) is 15.6. The van der Waals surface area contributed by atoms with Gasteiger partial charge in [0.2, 0.25) is 5.91 Å². The van der Waals surface area contributed by atoms with E-state index in [-0.39, 0.29) is 11.8 Å². The number of hydrogen-bond acceptors (Lipinski definition) is 4. The molecule has 0 aliphatic heterocycles. The van der Waals surface area contributed by atoms with Crippen molar-refractivity contribution in [3.05, 3.63) is 59.7 Å². The molecule has 1 aliphatic carbocycles. The number of rotatable bonds is 7. The van der Waals surface area contributed by atoms with Crippen molar-refractivity contribution < 1.29 is 14.3 Å². The molecular weight excluding hydrogens is 340 g/mol. The van der Waals surface area contributed by atoms with Crippen LogP contribution in [0.1, 0.15) is 43.2 Å². The van der Waals surface area contributed by atoms with Crippen LogP contribution in [0.2, 0.25) is 0 Å². The van der Waals surface area contributed by atoms with E-state index < -0.39 is 0 Å². The second-order valence-electron chi connectivity index (χ2n) is 6.75. The van der Waals surface area contributed by atoms with Crippen molar-refractivity contribution >= 4 is 12.1 Å². The third-order valence-corrected chi connectivity index (χ3v) is 4.79. The molecule has 5 heteroatoms. The van der Waals surface area contributed by atoms with Crippen LogP contribution in [0.3, 0.4) is 0 Å². The van der Waals surface area contributed by atoms with Crippen LogP contribution >= 0.6 is 0 Å². The molecule has 1 N–H and O–H groups in total. The summed E-state index contributed by atoms with van der Waals surface area (Å²) in [6.07, 6.45) is 7.04. The van der Waals surface area contributed by atoms with E-state index in [1.165, 1.54) is 6.42 Å². The van der Waals surface area contributed by atoms with Gasteiger partial charge in [0.05, 0.1) is 13.3 Å². The predicted octanol–water partition coefficient (Wildman–Crippen LogP) is 4.30. The molecule has 3 rings (SSSR count). The lowest BCUT2D eigenvalue weighted by atomic mass is 9.89. The van der Waals surface area contributed by atoms with Crippen molar-refractivity contribution in [3.63, 3.8) is 0 Å². The highest BCUT2D eigenvalue weighted by Gasteiger charge is 2.20. The van der Waals surface area contributed by atoms with E-state index in [0.717, 1.165) is 36.8 Å². The first-order valence-electron chi connectivity index (χ1n) is 9.44. The Morgan fingerprint density at radius 3 is 2.63 bits per heavy atom. The van der Waals surface area contributed by atoms with E-state index in [9.17, 15) is 4.79 Å². The first-order valence-corrected chi connectivity index (χ1v) is 9.44. The zero-order valence-electron chi connectivity index (χ0n) is 15.7. The third-order valence-electron chi connectivity index (χ3n) is 4.79. The molecule has 1 amide bonds. The van der Waals surface area contributed by atoms with Crippen LogP contribution < -0.4 is 14.9 Å². The van der Waals surface area contributed by atoms with Gasteiger partial charge in [0, 0.05) is 5.92 Å². The smallest absolute Gasteiger partial charge is 0.243 e. The molecule has 142 valence electrons. The van der Waals surface area contributed by atoms with Crippen LogP contribution in [0, 0.1) is 5.92 Å². The van der Waals surface area contributed by atoms with Gasteiger partial charge in [-0.15, -0.1) is 0 Å². The van der Waals surface area contributed by atoms with Crippen molar-refractivity contribution in [3.8, 4) is 11.5 Å². The van der Waals surface area contributed by atoms with Crippen LogP contribution in [0.15, 0.2) is 53.6 Å². The van der Waals surface area contributed by atoms with Gasteiger partial charge in [0.25, 0.3) is 0 Å². The van der Waals surface area contributed by atoms with E-state index in [2.05, 4.69) is 10.5 Å². The molecular formula is C22H26N2O3. The van der Waals surface area contributed by atoms with Gasteiger partial charge >= 0.3 is 0 Å². The predicted molar refractivity (Wildman–Crippen MR) is 106 cm³/mol. The summed E-state index contributed by atoms with van der Waals surface area (Å²) in [5.74, 6) is 1.41. The van der Waals surface area contributed by atoms with Crippen LogP contribution in [-0.4, -0.2) is 19.2 Å². The minimum absolute atomic E-state index is 0.0146. The maximum absolute atomic E-state index is 12.1. The molecule has 0 bridgehead atoms. The molecule has 0 aromatic heterocycles. The van der Waals surface area contributed by atoms with Gasteiger partial charge in [-0.1, -0.05) is 49.6 Å². The molecule has 1 fully saturated rings. The minimum atomic E-state index is 0.0146. The second kappa shape index (κ2) is 9.76. The number of benzene rings is 2. The largest absolute Gasteiger partial charge is 0.493 e. The molecule has 1 aliphatic rings. The van der Waals surface area contributed by atoms with Crippen molar-refractivity contribution in [2.45, 2.75) is 38.7 Å². The fourth-order valence-corrected chi connectivity index (χ4v) is 3.25. The molecule has 27 heavy (non-hydrogen) atoms. The summed E-state index contributed by atoms with van der Waals surface area (Å²) in [7, 11) is 1.61. The number of ether oxygens (including phenoxy) is 2. The maximum atomic E-state index is 12.1. The molecule has 0 radical (unpaired) electrons. The average molecular weight is 366 g/mol. The Morgan fingerprint density at radius 2 is 1.89 bits per heavy atom. The topological polar surface area (TPSA) is 59.9 Å². The maximum Gasteiger partial charge on any atom is 0.243 e. The number of carbonyl (C=O) groups excluding carboxylic acids is 1. The highest BCUT2D eigenvalue weighted by atomic mass is 16.5. The van der Waals surface area contributed by atoms with E-state index in [1.54, 1.807) is 13.3 Å². The number of hydrogen-bond donors (Lipinski definition) is 1. The lowest BCUT2D eigenvalue weighted by Gasteiger charge is -2.19. The van der Waals surface area contributed by atoms with Crippen LogP contribution in [0.25, 0.3) is 0 Å². The van der Waals surface area contributed by atoms with Crippen molar-refractivity contribution in [2.24, 2.45) is 11.0 Å². The van der Waals surface area contributed by atoms with Gasteiger partial charge in [0.1, 0.15) is 6.61 Å². The van der Waals surface area contributed by atoms with Gasteiger partial charge in [-0.05, 0) is 42.2 Å². The van der Waals surface area contributed by atoms with Gasteiger partial charge in [-0.25, -0.2) is 5.43 Å². The molecule has 0 heterocycles. The number of methoxy groups -OCH3 is 1. The fourth-order valence-electron chi connectivity index (χ4n) is 3.25. The monoisotopic (exact) mass is 366 g/mol. The average Bonchev–Trinajstić information content (AvgIpc) is 2.74. The zero-order valence-corrected chi connectivity index (χ0v) is 15.7. The third kappa shape index (κ3) is 5.58. The standard InChI is InChI=1S/C22H26N2O3/c1-26-21-14-18(15-23-24-22(25)19-10-6-3-7-11-19)12-13-20(21)27-16-17-8-4-2-5-9-17/h2,4-5,8-9,12-15,19H,3,6-7,10-11,16H2,1H3,(H,24,25). The summed E-state index contributed by atoms with van der Waals surface area (Å²) in [6.45, 7) is 0.474. The number of nitrogens with one attached hydrogen (secondary N) is 1. The molecule has 0 spiro atoms. The van der Waals surface area contributed by atoms with E-state index in [0.29, 0.717) is 18.1 Å². The lowest BCUT2D eigenvalue weighted by Crippen LogP contribution is -2.28. The second-order valence-corrected chi connectivity index (χ2v) is 6.75. The normalized spacial score (nSPS) is 14.9. The van der Waals surface area contributed by atoms with Gasteiger partial charge in [-0.3, -0.25) is 4.79 Å². The van der Waals surface area contributed by atoms with Gasteiger partial charge in [0.15, 0.2) is 11.5 Å². The molecule has 2 aromatic rings. The zero-order chi connectivity index (χ0) is 18.9. The van der Waals surface area contributed by atoms with Crippen LogP contribution in [0.4, 0.5) is 0 Å². The Balaban J connectivity index is 1.57. The fraction of sp³-hybridized carbons (Fsp3) is 0.364. The molecule has 0 saturated heterocycles. The van der Waals surface area contributed by atoms with Crippen molar-refractivity contribution in [1.29, 1.82) is 0 Å². The molecule has 1 saturated carbocycles. The summed E-state index contributed by atoms with van der Waals surface area (Å²) in [4.78, 5) is 12.1. The number of nitrogens with zero attached hydrogens (tertiary/aromatic N) is 1. The summed E-state index contributed by atoms with van der Waals surface area (Å²) in [5.41, 5.74) is 4.59. The SMILES string of the molecule is COc1cc(C=NNC(=O)C2CCCCC2)ccc1OCc1ccccc1. The lowest BCUT2D eigenvalue weighted by molar-refractivity contribution is -0.125. The first-order chi connectivity index (χ1) is 13.3. The Hall–Kier alpha value is -2.82. The van der Waals surface area contributed by atoms with E-state index >= 15 is 0 Å². The van der Waals surface area contributed by atoms with Crippen molar-refractivity contribution in [2.75, 3.05) is 7.11 Å². The Kier molecular flexibility index (Phi) is 6.85. The molecule has 0 unspecified atom stereocenters. The Bertz CT molecular complexity index is 768. The summed E-state index contributed by atoms with van der Waals surface area (Å²) in [5, 5.41) is 4.09. The number of carbonyl (C=O) groups is 1. The van der Waals surface area contributed by atoms with Gasteiger partial charge < -0.3 is 9.47 Å². The van der Waals surface area contributed by atoms with E-state index in [4.69, 9.17) is 9.47 Å². The number of hydrazone groups is 1. The molecule has 2 aromatic carbocycles.